The van der Waals surface area contributed by atoms with Crippen molar-refractivity contribution in [2.75, 3.05) is 13.2 Å². The first kappa shape index (κ1) is 13.4. The van der Waals surface area contributed by atoms with Crippen molar-refractivity contribution < 1.29 is 17.9 Å². The van der Waals surface area contributed by atoms with Gasteiger partial charge in [0.05, 0.1) is 0 Å². The van der Waals surface area contributed by atoms with Crippen LogP contribution >= 0.6 is 11.3 Å². The van der Waals surface area contributed by atoms with Crippen molar-refractivity contribution >= 4 is 11.3 Å². The topological polar surface area (TPSA) is 47.3 Å². The third-order valence-electron chi connectivity index (χ3n) is 1.96. The van der Waals surface area contributed by atoms with Gasteiger partial charge < -0.3 is 4.74 Å². The van der Waals surface area contributed by atoms with Crippen LogP contribution in [-0.2, 0) is 4.74 Å². The number of nitrogens with two attached hydrogens (primary N) is 1. The van der Waals surface area contributed by atoms with Gasteiger partial charge in [-0.15, -0.1) is 0 Å². The van der Waals surface area contributed by atoms with Crippen LogP contribution in [0.1, 0.15) is 18.0 Å². The summed E-state index contributed by atoms with van der Waals surface area (Å²) in [7, 11) is 0. The molecule has 0 bridgehead atoms. The Morgan fingerprint density at radius 1 is 1.50 bits per heavy atom. The van der Waals surface area contributed by atoms with Crippen LogP contribution in [-0.4, -0.2) is 19.4 Å². The molecule has 92 valence electrons. The predicted octanol–water partition coefficient (Wildman–Crippen LogP) is 2.22. The van der Waals surface area contributed by atoms with E-state index in [1.165, 1.54) is 11.3 Å². The van der Waals surface area contributed by atoms with Crippen molar-refractivity contribution in [2.24, 2.45) is 5.84 Å². The monoisotopic (exact) mass is 254 g/mol. The first-order valence-corrected chi connectivity index (χ1v) is 5.60. The fourth-order valence-corrected chi connectivity index (χ4v) is 1.92. The van der Waals surface area contributed by atoms with Crippen LogP contribution in [0.5, 0.6) is 0 Å². The molecule has 1 atom stereocenters. The molecule has 0 fully saturated rings. The second kappa shape index (κ2) is 6.19. The number of nitrogens with one attached hydrogen (secondary N) is 1. The minimum absolute atomic E-state index is 0.0181. The highest BCUT2D eigenvalue weighted by Crippen LogP contribution is 2.19. The van der Waals surface area contributed by atoms with Crippen LogP contribution in [0.15, 0.2) is 16.8 Å². The van der Waals surface area contributed by atoms with E-state index in [9.17, 15) is 13.2 Å². The van der Waals surface area contributed by atoms with E-state index in [2.05, 4.69) is 10.2 Å². The molecular weight excluding hydrogens is 241 g/mol. The van der Waals surface area contributed by atoms with E-state index in [4.69, 9.17) is 5.84 Å². The van der Waals surface area contributed by atoms with Gasteiger partial charge in [-0.05, 0) is 28.8 Å². The van der Waals surface area contributed by atoms with Gasteiger partial charge in [-0.2, -0.15) is 24.5 Å². The summed E-state index contributed by atoms with van der Waals surface area (Å²) in [6.45, 7) is -1.20. The zero-order chi connectivity index (χ0) is 12.0. The molecule has 16 heavy (non-hydrogen) atoms. The maximum Gasteiger partial charge on any atom is 0.411 e. The fourth-order valence-electron chi connectivity index (χ4n) is 1.21. The van der Waals surface area contributed by atoms with E-state index in [0.717, 1.165) is 5.56 Å². The van der Waals surface area contributed by atoms with Crippen molar-refractivity contribution in [2.45, 2.75) is 18.6 Å². The molecule has 1 aromatic heterocycles. The molecule has 0 spiro atoms. The lowest BCUT2D eigenvalue weighted by Crippen LogP contribution is -2.29. The van der Waals surface area contributed by atoms with Crippen LogP contribution in [0.4, 0.5) is 13.2 Å². The van der Waals surface area contributed by atoms with Gasteiger partial charge in [0.2, 0.25) is 0 Å². The molecule has 0 saturated carbocycles. The Bertz CT molecular complexity index is 289. The van der Waals surface area contributed by atoms with Crippen LogP contribution in [0.2, 0.25) is 0 Å². The second-order valence-corrected chi connectivity index (χ2v) is 4.01. The van der Waals surface area contributed by atoms with E-state index in [-0.39, 0.29) is 12.6 Å². The van der Waals surface area contributed by atoms with Crippen molar-refractivity contribution in [3.63, 3.8) is 0 Å². The smallest absolute Gasteiger partial charge is 0.372 e. The molecule has 1 unspecified atom stereocenters. The molecule has 3 N–H and O–H groups in total. The standard InChI is InChI=1S/C9H13F3N2OS/c10-9(11,12)6-15-3-1-8(14-13)7-2-4-16-5-7/h2,4-5,8,14H,1,3,6,13H2. The first-order valence-electron chi connectivity index (χ1n) is 4.65. The van der Waals surface area contributed by atoms with Gasteiger partial charge in [0, 0.05) is 12.6 Å². The summed E-state index contributed by atoms with van der Waals surface area (Å²) in [4.78, 5) is 0. The summed E-state index contributed by atoms with van der Waals surface area (Å²) in [5, 5.41) is 3.78. The van der Waals surface area contributed by atoms with Crippen molar-refractivity contribution in [1.29, 1.82) is 0 Å². The molecule has 1 heterocycles. The van der Waals surface area contributed by atoms with Crippen LogP contribution in [0.3, 0.4) is 0 Å². The molecule has 1 aromatic rings. The van der Waals surface area contributed by atoms with Gasteiger partial charge in [-0.25, -0.2) is 0 Å². The number of hydrogen-bond acceptors (Lipinski definition) is 4. The largest absolute Gasteiger partial charge is 0.411 e. The molecule has 0 aliphatic heterocycles. The maximum atomic E-state index is 11.8. The summed E-state index contributed by atoms with van der Waals surface area (Å²) in [5.74, 6) is 5.31. The zero-order valence-corrected chi connectivity index (χ0v) is 9.27. The first-order chi connectivity index (χ1) is 7.53. The number of hydrazine groups is 1. The zero-order valence-electron chi connectivity index (χ0n) is 8.46. The lowest BCUT2D eigenvalue weighted by atomic mass is 10.1. The lowest BCUT2D eigenvalue weighted by Gasteiger charge is -2.15. The SMILES string of the molecule is NNC(CCOCC(F)(F)F)c1ccsc1. The Morgan fingerprint density at radius 3 is 2.75 bits per heavy atom. The maximum absolute atomic E-state index is 11.8. The van der Waals surface area contributed by atoms with E-state index in [1.54, 1.807) is 0 Å². The summed E-state index contributed by atoms with van der Waals surface area (Å²) in [6, 6.07) is 1.71. The Balaban J connectivity index is 2.25. The minimum Gasteiger partial charge on any atom is -0.372 e. The summed E-state index contributed by atoms with van der Waals surface area (Å²) in [6.07, 6.45) is -3.86. The highest BCUT2D eigenvalue weighted by molar-refractivity contribution is 7.07. The average Bonchev–Trinajstić information content (AvgIpc) is 2.69. The molecular formula is C9H13F3N2OS. The Labute approximate surface area is 95.4 Å². The Morgan fingerprint density at radius 2 is 2.25 bits per heavy atom. The van der Waals surface area contributed by atoms with Crippen molar-refractivity contribution in [3.8, 4) is 0 Å². The van der Waals surface area contributed by atoms with Gasteiger partial charge in [0.1, 0.15) is 6.61 Å². The number of alkyl halides is 3. The third-order valence-corrected chi connectivity index (χ3v) is 2.66. The van der Waals surface area contributed by atoms with Gasteiger partial charge in [-0.1, -0.05) is 0 Å². The number of thiophene rings is 1. The number of halogens is 3. The van der Waals surface area contributed by atoms with E-state index < -0.39 is 12.8 Å². The molecule has 0 radical (unpaired) electrons. The van der Waals surface area contributed by atoms with E-state index >= 15 is 0 Å². The summed E-state index contributed by atoms with van der Waals surface area (Å²) < 4.78 is 39.8. The van der Waals surface area contributed by atoms with Gasteiger partial charge >= 0.3 is 6.18 Å². The van der Waals surface area contributed by atoms with Gasteiger partial charge in [0.15, 0.2) is 0 Å². The highest BCUT2D eigenvalue weighted by Gasteiger charge is 2.27. The number of ether oxygens (including phenoxy) is 1. The summed E-state index contributed by atoms with van der Waals surface area (Å²) in [5.41, 5.74) is 3.51. The van der Waals surface area contributed by atoms with Crippen LogP contribution in [0, 0.1) is 0 Å². The molecule has 0 aliphatic rings. The molecule has 0 amide bonds. The van der Waals surface area contributed by atoms with E-state index in [1.807, 2.05) is 16.8 Å². The number of rotatable bonds is 6. The normalized spacial score (nSPS) is 14.0. The summed E-state index contributed by atoms with van der Waals surface area (Å²) >= 11 is 1.51. The molecule has 0 aromatic carbocycles. The van der Waals surface area contributed by atoms with Crippen molar-refractivity contribution in [1.82, 2.24) is 5.43 Å². The highest BCUT2D eigenvalue weighted by atomic mass is 32.1. The fraction of sp³-hybridized carbons (Fsp3) is 0.556. The molecule has 3 nitrogen and oxygen atoms in total. The molecule has 1 rings (SSSR count). The Kier molecular flexibility index (Phi) is 5.20. The third kappa shape index (κ3) is 4.93. The second-order valence-electron chi connectivity index (χ2n) is 3.23. The molecule has 7 heteroatoms. The lowest BCUT2D eigenvalue weighted by molar-refractivity contribution is -0.174. The average molecular weight is 254 g/mol. The number of hydrogen-bond donors (Lipinski definition) is 2. The van der Waals surface area contributed by atoms with E-state index in [0.29, 0.717) is 6.42 Å². The van der Waals surface area contributed by atoms with Gasteiger partial charge in [0.25, 0.3) is 0 Å². The Hall–Kier alpha value is -0.630. The molecule has 0 aliphatic carbocycles. The predicted molar refractivity (Wildman–Crippen MR) is 55.9 cm³/mol. The minimum atomic E-state index is -4.27. The van der Waals surface area contributed by atoms with Gasteiger partial charge in [-0.3, -0.25) is 11.3 Å². The quantitative estimate of drug-likeness (QED) is 0.465. The van der Waals surface area contributed by atoms with Crippen LogP contribution < -0.4 is 11.3 Å². The molecule has 0 saturated heterocycles. The van der Waals surface area contributed by atoms with Crippen LogP contribution in [0.25, 0.3) is 0 Å². The van der Waals surface area contributed by atoms with Crippen molar-refractivity contribution in [3.05, 3.63) is 22.4 Å².